The van der Waals surface area contributed by atoms with E-state index in [4.69, 9.17) is 4.52 Å². The molecule has 0 fully saturated rings. The summed E-state index contributed by atoms with van der Waals surface area (Å²) in [5.74, 6) is 1.02. The molecule has 0 amide bonds. The normalized spacial score (nSPS) is 10.6. The van der Waals surface area contributed by atoms with Gasteiger partial charge in [-0.15, -0.1) is 0 Å². The SMILES string of the molecule is Cc1nc(CNCc2ccc(Br)cc2[N+](=O)[O-])no1. The van der Waals surface area contributed by atoms with Crippen LogP contribution in [-0.4, -0.2) is 15.1 Å². The summed E-state index contributed by atoms with van der Waals surface area (Å²) in [6, 6.07) is 4.95. The van der Waals surface area contributed by atoms with Crippen molar-refractivity contribution in [2.75, 3.05) is 0 Å². The van der Waals surface area contributed by atoms with E-state index in [1.54, 1.807) is 19.1 Å². The highest BCUT2D eigenvalue weighted by Crippen LogP contribution is 2.23. The van der Waals surface area contributed by atoms with Gasteiger partial charge in [0.05, 0.1) is 11.5 Å². The molecular weight excluding hydrogens is 316 g/mol. The van der Waals surface area contributed by atoms with E-state index in [2.05, 4.69) is 31.4 Å². The van der Waals surface area contributed by atoms with Gasteiger partial charge in [0.15, 0.2) is 5.82 Å². The quantitative estimate of drug-likeness (QED) is 0.669. The van der Waals surface area contributed by atoms with Crippen molar-refractivity contribution >= 4 is 21.6 Å². The number of nitro benzene ring substituents is 1. The van der Waals surface area contributed by atoms with E-state index in [0.29, 0.717) is 34.8 Å². The number of hydrogen-bond donors (Lipinski definition) is 1. The summed E-state index contributed by atoms with van der Waals surface area (Å²) in [6.45, 7) is 2.46. The van der Waals surface area contributed by atoms with E-state index in [1.807, 2.05) is 0 Å². The molecule has 1 aromatic carbocycles. The zero-order chi connectivity index (χ0) is 13.8. The van der Waals surface area contributed by atoms with Crippen molar-refractivity contribution in [1.29, 1.82) is 0 Å². The number of nitrogens with zero attached hydrogens (tertiary/aromatic N) is 3. The van der Waals surface area contributed by atoms with Crippen molar-refractivity contribution in [2.24, 2.45) is 0 Å². The van der Waals surface area contributed by atoms with Crippen LogP contribution in [0.4, 0.5) is 5.69 Å². The first-order chi connectivity index (χ1) is 9.06. The second kappa shape index (κ2) is 5.89. The Kier molecular flexibility index (Phi) is 4.23. The Morgan fingerprint density at radius 1 is 1.47 bits per heavy atom. The Bertz CT molecular complexity index is 599. The summed E-state index contributed by atoms with van der Waals surface area (Å²) in [5.41, 5.74) is 0.680. The summed E-state index contributed by atoms with van der Waals surface area (Å²) < 4.78 is 5.51. The monoisotopic (exact) mass is 326 g/mol. The zero-order valence-corrected chi connectivity index (χ0v) is 11.7. The van der Waals surface area contributed by atoms with Crippen molar-refractivity contribution < 1.29 is 9.45 Å². The second-order valence-corrected chi connectivity index (χ2v) is 4.78. The minimum absolute atomic E-state index is 0.0752. The van der Waals surface area contributed by atoms with E-state index in [9.17, 15) is 10.1 Å². The van der Waals surface area contributed by atoms with Crippen molar-refractivity contribution in [3.63, 3.8) is 0 Å². The first kappa shape index (κ1) is 13.6. The standard InChI is InChI=1S/C11H11BrN4O3/c1-7-14-11(15-19-7)6-13-5-8-2-3-9(12)4-10(8)16(17)18/h2-4,13H,5-6H2,1H3. The van der Waals surface area contributed by atoms with Crippen LogP contribution in [0.2, 0.25) is 0 Å². The number of rotatable bonds is 5. The lowest BCUT2D eigenvalue weighted by Gasteiger charge is -2.04. The molecule has 2 aromatic rings. The largest absolute Gasteiger partial charge is 0.340 e. The molecular formula is C11H11BrN4O3. The van der Waals surface area contributed by atoms with Gasteiger partial charge in [-0.25, -0.2) is 0 Å². The van der Waals surface area contributed by atoms with Crippen molar-refractivity contribution in [3.05, 3.63) is 50.1 Å². The van der Waals surface area contributed by atoms with Crippen molar-refractivity contribution in [3.8, 4) is 0 Å². The molecule has 0 bridgehead atoms. The van der Waals surface area contributed by atoms with Crippen LogP contribution in [0.1, 0.15) is 17.3 Å². The molecule has 7 nitrogen and oxygen atoms in total. The van der Waals surface area contributed by atoms with Crippen LogP contribution < -0.4 is 5.32 Å². The minimum Gasteiger partial charge on any atom is -0.340 e. The molecule has 0 radical (unpaired) electrons. The summed E-state index contributed by atoms with van der Waals surface area (Å²) in [7, 11) is 0. The van der Waals surface area contributed by atoms with Gasteiger partial charge < -0.3 is 9.84 Å². The lowest BCUT2D eigenvalue weighted by molar-refractivity contribution is -0.385. The summed E-state index contributed by atoms with van der Waals surface area (Å²) in [4.78, 5) is 14.6. The molecule has 19 heavy (non-hydrogen) atoms. The highest BCUT2D eigenvalue weighted by Gasteiger charge is 2.13. The average Bonchev–Trinajstić information content (AvgIpc) is 2.77. The van der Waals surface area contributed by atoms with Crippen LogP contribution in [0, 0.1) is 17.0 Å². The van der Waals surface area contributed by atoms with E-state index in [-0.39, 0.29) is 5.69 Å². The van der Waals surface area contributed by atoms with Gasteiger partial charge in [0.2, 0.25) is 5.89 Å². The Morgan fingerprint density at radius 3 is 2.89 bits per heavy atom. The minimum atomic E-state index is -0.403. The van der Waals surface area contributed by atoms with Crippen LogP contribution in [0.5, 0.6) is 0 Å². The van der Waals surface area contributed by atoms with Crippen molar-refractivity contribution in [2.45, 2.75) is 20.0 Å². The maximum atomic E-state index is 10.9. The van der Waals surface area contributed by atoms with Gasteiger partial charge in [-0.1, -0.05) is 21.1 Å². The molecule has 0 saturated heterocycles. The Hall–Kier alpha value is -1.80. The highest BCUT2D eigenvalue weighted by molar-refractivity contribution is 9.10. The van der Waals surface area contributed by atoms with Gasteiger partial charge in [-0.3, -0.25) is 10.1 Å². The molecule has 0 unspecified atom stereocenters. The predicted molar refractivity (Wildman–Crippen MR) is 70.4 cm³/mol. The maximum Gasteiger partial charge on any atom is 0.275 e. The topological polar surface area (TPSA) is 94.1 Å². The molecule has 1 heterocycles. The molecule has 0 spiro atoms. The molecule has 100 valence electrons. The summed E-state index contributed by atoms with van der Waals surface area (Å²) in [6.07, 6.45) is 0. The highest BCUT2D eigenvalue weighted by atomic mass is 79.9. The molecule has 0 aliphatic rings. The van der Waals surface area contributed by atoms with Gasteiger partial charge in [0.1, 0.15) is 0 Å². The smallest absolute Gasteiger partial charge is 0.275 e. The first-order valence-electron chi connectivity index (χ1n) is 5.49. The predicted octanol–water partition coefficient (Wildman–Crippen LogP) is 2.34. The van der Waals surface area contributed by atoms with E-state index in [1.165, 1.54) is 6.07 Å². The number of halogens is 1. The summed E-state index contributed by atoms with van der Waals surface area (Å²) in [5, 5.41) is 17.7. The second-order valence-electron chi connectivity index (χ2n) is 3.86. The maximum absolute atomic E-state index is 10.9. The van der Waals surface area contributed by atoms with E-state index >= 15 is 0 Å². The molecule has 1 N–H and O–H groups in total. The first-order valence-corrected chi connectivity index (χ1v) is 6.28. The molecule has 2 rings (SSSR count). The third kappa shape index (κ3) is 3.58. The molecule has 0 atom stereocenters. The fourth-order valence-electron chi connectivity index (χ4n) is 1.58. The molecule has 0 saturated carbocycles. The number of nitro groups is 1. The van der Waals surface area contributed by atoms with Gasteiger partial charge in [-0.2, -0.15) is 4.98 Å². The molecule has 8 heteroatoms. The van der Waals surface area contributed by atoms with Crippen LogP contribution in [0.15, 0.2) is 27.2 Å². The van der Waals surface area contributed by atoms with Crippen LogP contribution >= 0.6 is 15.9 Å². The lowest BCUT2D eigenvalue weighted by Crippen LogP contribution is -2.14. The number of nitrogens with one attached hydrogen (secondary N) is 1. The Balaban J connectivity index is 2.01. The van der Waals surface area contributed by atoms with Gasteiger partial charge in [0, 0.05) is 29.6 Å². The van der Waals surface area contributed by atoms with Crippen molar-refractivity contribution in [1.82, 2.24) is 15.5 Å². The van der Waals surface area contributed by atoms with Gasteiger partial charge in [0.25, 0.3) is 5.69 Å². The third-order valence-electron chi connectivity index (χ3n) is 2.41. The fraction of sp³-hybridized carbons (Fsp3) is 0.273. The van der Waals surface area contributed by atoms with Gasteiger partial charge in [-0.05, 0) is 12.1 Å². The van der Waals surface area contributed by atoms with E-state index < -0.39 is 4.92 Å². The molecule has 0 aliphatic carbocycles. The van der Waals surface area contributed by atoms with E-state index in [0.717, 1.165) is 0 Å². The fourth-order valence-corrected chi connectivity index (χ4v) is 1.93. The number of hydrogen-bond acceptors (Lipinski definition) is 6. The number of benzene rings is 1. The van der Waals surface area contributed by atoms with Crippen LogP contribution in [-0.2, 0) is 13.1 Å². The van der Waals surface area contributed by atoms with Crippen LogP contribution in [0.25, 0.3) is 0 Å². The lowest BCUT2D eigenvalue weighted by atomic mass is 10.2. The van der Waals surface area contributed by atoms with Crippen LogP contribution in [0.3, 0.4) is 0 Å². The summed E-state index contributed by atoms with van der Waals surface area (Å²) >= 11 is 3.21. The van der Waals surface area contributed by atoms with Gasteiger partial charge >= 0.3 is 0 Å². The zero-order valence-electron chi connectivity index (χ0n) is 10.1. The number of aryl methyl sites for hydroxylation is 1. The molecule has 1 aromatic heterocycles. The molecule has 0 aliphatic heterocycles. The third-order valence-corrected chi connectivity index (χ3v) is 2.91. The Labute approximate surface area is 117 Å². The Morgan fingerprint density at radius 2 is 2.26 bits per heavy atom. The number of aromatic nitrogens is 2. The average molecular weight is 327 g/mol.